The molecular formula is C17H28N2O2. The lowest BCUT2D eigenvalue weighted by molar-refractivity contribution is -0.121. The molecule has 0 aliphatic heterocycles. The van der Waals surface area contributed by atoms with Gasteiger partial charge in [-0.25, -0.2) is 0 Å². The number of hydrogen-bond donors (Lipinski definition) is 3. The number of nitrogens with one attached hydrogen (secondary N) is 1. The minimum atomic E-state index is -0.640. The van der Waals surface area contributed by atoms with Gasteiger partial charge in [-0.1, -0.05) is 52.0 Å². The van der Waals surface area contributed by atoms with Gasteiger partial charge >= 0.3 is 0 Å². The van der Waals surface area contributed by atoms with E-state index in [0.29, 0.717) is 12.5 Å². The van der Waals surface area contributed by atoms with Gasteiger partial charge in [0.25, 0.3) is 0 Å². The van der Waals surface area contributed by atoms with Crippen molar-refractivity contribution < 1.29 is 9.90 Å². The monoisotopic (exact) mass is 292 g/mol. The van der Waals surface area contributed by atoms with Crippen LogP contribution >= 0.6 is 0 Å². The molecule has 0 aromatic heterocycles. The van der Waals surface area contributed by atoms with E-state index in [2.05, 4.69) is 19.2 Å². The van der Waals surface area contributed by atoms with Gasteiger partial charge in [-0.05, 0) is 29.4 Å². The van der Waals surface area contributed by atoms with Gasteiger partial charge in [-0.3, -0.25) is 4.79 Å². The summed E-state index contributed by atoms with van der Waals surface area (Å²) in [6, 6.07) is 7.57. The Balaban J connectivity index is 2.59. The first-order valence-electron chi connectivity index (χ1n) is 7.60. The van der Waals surface area contributed by atoms with Crippen molar-refractivity contribution in [1.29, 1.82) is 0 Å². The summed E-state index contributed by atoms with van der Waals surface area (Å²) < 4.78 is 0. The predicted octanol–water partition coefficient (Wildman–Crippen LogP) is 2.02. The molecule has 0 saturated carbocycles. The lowest BCUT2D eigenvalue weighted by Gasteiger charge is -2.21. The first kappa shape index (κ1) is 17.7. The fraction of sp³-hybridized carbons (Fsp3) is 0.588. The number of aliphatic hydroxyl groups excluding tert-OH is 1. The number of primary amides is 1. The Bertz CT molecular complexity index is 441. The van der Waals surface area contributed by atoms with E-state index in [-0.39, 0.29) is 11.8 Å². The molecule has 118 valence electrons. The molecule has 21 heavy (non-hydrogen) atoms. The molecule has 0 saturated heterocycles. The van der Waals surface area contributed by atoms with Gasteiger partial charge in [0, 0.05) is 6.54 Å². The number of amides is 1. The number of rotatable bonds is 8. The highest BCUT2D eigenvalue weighted by atomic mass is 16.3. The summed E-state index contributed by atoms with van der Waals surface area (Å²) in [5.41, 5.74) is 7.46. The van der Waals surface area contributed by atoms with Crippen LogP contribution in [0.3, 0.4) is 0 Å². The zero-order chi connectivity index (χ0) is 16.0. The quantitative estimate of drug-likeness (QED) is 0.686. The van der Waals surface area contributed by atoms with Crippen molar-refractivity contribution in [1.82, 2.24) is 5.32 Å². The van der Waals surface area contributed by atoms with Gasteiger partial charge in [-0.2, -0.15) is 0 Å². The van der Waals surface area contributed by atoms with Crippen LogP contribution in [0.25, 0.3) is 0 Å². The number of nitrogens with two attached hydrogens (primary N) is 1. The Kier molecular flexibility index (Phi) is 6.85. The molecule has 1 aromatic rings. The predicted molar refractivity (Wildman–Crippen MR) is 85.8 cm³/mol. The van der Waals surface area contributed by atoms with E-state index in [9.17, 15) is 9.90 Å². The average molecular weight is 292 g/mol. The molecule has 4 heteroatoms. The number of hydrogen-bond acceptors (Lipinski definition) is 3. The van der Waals surface area contributed by atoms with E-state index in [1.807, 2.05) is 38.1 Å². The minimum Gasteiger partial charge on any atom is -0.387 e. The third-order valence-electron chi connectivity index (χ3n) is 3.51. The van der Waals surface area contributed by atoms with Gasteiger partial charge in [0.05, 0.1) is 12.1 Å². The first-order chi connectivity index (χ1) is 9.81. The fourth-order valence-electron chi connectivity index (χ4n) is 2.37. The second-order valence-electron chi connectivity index (χ2n) is 6.39. The van der Waals surface area contributed by atoms with Crippen molar-refractivity contribution in [3.63, 3.8) is 0 Å². The molecule has 0 radical (unpaired) electrons. The first-order valence-corrected chi connectivity index (χ1v) is 7.60. The molecular weight excluding hydrogens is 264 g/mol. The molecule has 0 fully saturated rings. The van der Waals surface area contributed by atoms with Crippen LogP contribution in [0.2, 0.25) is 0 Å². The molecule has 4 nitrogen and oxygen atoms in total. The number of aliphatic hydroxyl groups is 1. The summed E-state index contributed by atoms with van der Waals surface area (Å²) in [4.78, 5) is 11.3. The number of benzene rings is 1. The highest BCUT2D eigenvalue weighted by Gasteiger charge is 2.20. The van der Waals surface area contributed by atoms with E-state index in [1.54, 1.807) is 0 Å². The highest BCUT2D eigenvalue weighted by molar-refractivity contribution is 5.80. The maximum Gasteiger partial charge on any atom is 0.234 e. The summed E-state index contributed by atoms with van der Waals surface area (Å²) in [6.45, 7) is 8.53. The maximum absolute atomic E-state index is 11.3. The maximum atomic E-state index is 11.3. The van der Waals surface area contributed by atoms with E-state index >= 15 is 0 Å². The molecule has 2 unspecified atom stereocenters. The van der Waals surface area contributed by atoms with Crippen molar-refractivity contribution in [2.75, 3.05) is 6.54 Å². The zero-order valence-corrected chi connectivity index (χ0v) is 13.5. The van der Waals surface area contributed by atoms with Crippen LogP contribution < -0.4 is 11.1 Å². The lowest BCUT2D eigenvalue weighted by atomic mass is 9.99. The Morgan fingerprint density at radius 2 is 1.76 bits per heavy atom. The zero-order valence-electron chi connectivity index (χ0n) is 13.5. The van der Waals surface area contributed by atoms with Gasteiger partial charge in [-0.15, -0.1) is 0 Å². The van der Waals surface area contributed by atoms with E-state index < -0.39 is 12.1 Å². The number of carbonyl (C=O) groups excluding carboxylic acids is 1. The van der Waals surface area contributed by atoms with E-state index in [1.165, 1.54) is 5.56 Å². The van der Waals surface area contributed by atoms with Crippen LogP contribution in [0.15, 0.2) is 24.3 Å². The third kappa shape index (κ3) is 5.86. The van der Waals surface area contributed by atoms with Crippen molar-refractivity contribution in [3.8, 4) is 0 Å². The Labute approximate surface area is 127 Å². The Morgan fingerprint density at radius 3 is 2.19 bits per heavy atom. The van der Waals surface area contributed by atoms with Crippen LogP contribution in [0.1, 0.15) is 44.9 Å². The minimum absolute atomic E-state index is 0.100. The van der Waals surface area contributed by atoms with Gasteiger partial charge < -0.3 is 16.2 Å². The Hall–Kier alpha value is -1.39. The van der Waals surface area contributed by atoms with Crippen molar-refractivity contribution >= 4 is 5.91 Å². The lowest BCUT2D eigenvalue weighted by Crippen LogP contribution is -2.46. The normalized spacial score (nSPS) is 14.4. The largest absolute Gasteiger partial charge is 0.387 e. The van der Waals surface area contributed by atoms with Crippen LogP contribution in [0.5, 0.6) is 0 Å². The van der Waals surface area contributed by atoms with E-state index in [4.69, 9.17) is 5.73 Å². The van der Waals surface area contributed by atoms with Crippen molar-refractivity contribution in [3.05, 3.63) is 35.4 Å². The van der Waals surface area contributed by atoms with Crippen molar-refractivity contribution in [2.24, 2.45) is 17.6 Å². The topological polar surface area (TPSA) is 75.3 Å². The SMILES string of the molecule is CC(C)Cc1ccc(C(O)CNC(C(N)=O)C(C)C)cc1. The average Bonchev–Trinajstić information content (AvgIpc) is 2.38. The highest BCUT2D eigenvalue weighted by Crippen LogP contribution is 2.16. The molecule has 1 rings (SSSR count). The molecule has 0 aliphatic rings. The summed E-state index contributed by atoms with van der Waals surface area (Å²) >= 11 is 0. The van der Waals surface area contributed by atoms with Gasteiger partial charge in [0.2, 0.25) is 5.91 Å². The summed E-state index contributed by atoms with van der Waals surface area (Å²) in [5.74, 6) is 0.331. The summed E-state index contributed by atoms with van der Waals surface area (Å²) in [6.07, 6.45) is 0.393. The van der Waals surface area contributed by atoms with E-state index in [0.717, 1.165) is 12.0 Å². The second-order valence-corrected chi connectivity index (χ2v) is 6.39. The molecule has 0 aliphatic carbocycles. The molecule has 1 aromatic carbocycles. The van der Waals surface area contributed by atoms with Gasteiger partial charge in [0.15, 0.2) is 0 Å². The molecule has 4 N–H and O–H groups in total. The van der Waals surface area contributed by atoms with Crippen LogP contribution in [0.4, 0.5) is 0 Å². The third-order valence-corrected chi connectivity index (χ3v) is 3.51. The second kappa shape index (κ2) is 8.15. The standard InChI is InChI=1S/C17H28N2O2/c1-11(2)9-13-5-7-14(8-6-13)15(20)10-19-16(12(3)4)17(18)21/h5-8,11-12,15-16,19-20H,9-10H2,1-4H3,(H2,18,21). The molecule has 1 amide bonds. The van der Waals surface area contributed by atoms with Crippen LogP contribution in [-0.4, -0.2) is 23.6 Å². The molecule has 0 spiro atoms. The van der Waals surface area contributed by atoms with Crippen LogP contribution in [-0.2, 0) is 11.2 Å². The Morgan fingerprint density at radius 1 is 1.19 bits per heavy atom. The number of carbonyl (C=O) groups is 1. The van der Waals surface area contributed by atoms with Crippen molar-refractivity contribution in [2.45, 2.75) is 46.3 Å². The molecule has 0 bridgehead atoms. The van der Waals surface area contributed by atoms with Gasteiger partial charge in [0.1, 0.15) is 0 Å². The smallest absolute Gasteiger partial charge is 0.234 e. The fourth-order valence-corrected chi connectivity index (χ4v) is 2.37. The molecule has 2 atom stereocenters. The molecule has 0 heterocycles. The summed E-state index contributed by atoms with van der Waals surface area (Å²) in [7, 11) is 0. The summed E-state index contributed by atoms with van der Waals surface area (Å²) in [5, 5.41) is 13.2. The van der Waals surface area contributed by atoms with Crippen LogP contribution in [0, 0.1) is 11.8 Å².